The van der Waals surface area contributed by atoms with Crippen molar-refractivity contribution in [3.8, 4) is 0 Å². The van der Waals surface area contributed by atoms with Crippen molar-refractivity contribution in [3.05, 3.63) is 34.9 Å². The fourth-order valence-electron chi connectivity index (χ4n) is 1.93. The van der Waals surface area contributed by atoms with Crippen LogP contribution in [0.3, 0.4) is 0 Å². The zero-order chi connectivity index (χ0) is 13.4. The second-order valence-corrected chi connectivity index (χ2v) is 4.84. The number of unbranched alkanes of at least 4 members (excludes halogenated alkanes) is 4. The molecule has 19 heavy (non-hydrogen) atoms. The highest BCUT2D eigenvalue weighted by Crippen LogP contribution is 2.14. The number of hydrogen-bond donors (Lipinski definition) is 0. The lowest BCUT2D eigenvalue weighted by atomic mass is 10.00. The van der Waals surface area contributed by atoms with Crippen LogP contribution >= 0.6 is 0 Å². The van der Waals surface area contributed by atoms with Crippen LogP contribution in [0.15, 0.2) is 18.2 Å². The van der Waals surface area contributed by atoms with Crippen molar-refractivity contribution in [1.82, 2.24) is 0 Å². The molecule has 106 valence electrons. The highest BCUT2D eigenvalue weighted by molar-refractivity contribution is 5.96. The molecular weight excluding hydrogens is 236 g/mol. The lowest BCUT2D eigenvalue weighted by Crippen LogP contribution is -2.00. The monoisotopic (exact) mass is 262 g/mol. The number of Topliss-reactive ketones (excluding diaryl/α,β-unsaturated/α-hetero) is 1. The maximum atomic E-state index is 11.9. The van der Waals surface area contributed by atoms with Gasteiger partial charge in [0.15, 0.2) is 5.78 Å². The molecule has 2 nitrogen and oxygen atoms in total. The highest BCUT2D eigenvalue weighted by Gasteiger charge is 2.06. The third-order valence-corrected chi connectivity index (χ3v) is 3.30. The molecule has 1 rings (SSSR count). The molecule has 0 heterocycles. The third kappa shape index (κ3) is 6.32. The van der Waals surface area contributed by atoms with E-state index in [1.54, 1.807) is 0 Å². The first-order valence-corrected chi connectivity index (χ1v) is 6.69. The summed E-state index contributed by atoms with van der Waals surface area (Å²) in [5.74, 6) is 0.230. The Morgan fingerprint density at radius 3 is 2.37 bits per heavy atom. The van der Waals surface area contributed by atoms with E-state index in [0.717, 1.165) is 37.5 Å². The predicted molar refractivity (Wildman–Crippen MR) is 80.7 cm³/mol. The summed E-state index contributed by atoms with van der Waals surface area (Å²) in [6.07, 6.45) is 6.16. The van der Waals surface area contributed by atoms with E-state index in [4.69, 9.17) is 0 Å². The van der Waals surface area contributed by atoms with Crippen LogP contribution in [0, 0.1) is 13.8 Å². The SMILES string of the molecule is C.Cc1ccc(C(=O)CCCCCCC=O)cc1C. The van der Waals surface area contributed by atoms with Crippen molar-refractivity contribution in [2.75, 3.05) is 0 Å². The van der Waals surface area contributed by atoms with Crippen molar-refractivity contribution < 1.29 is 9.59 Å². The van der Waals surface area contributed by atoms with E-state index in [-0.39, 0.29) is 13.2 Å². The van der Waals surface area contributed by atoms with Crippen molar-refractivity contribution in [2.24, 2.45) is 0 Å². The minimum absolute atomic E-state index is 0. The molecule has 0 aromatic heterocycles. The summed E-state index contributed by atoms with van der Waals surface area (Å²) in [4.78, 5) is 22.1. The molecule has 1 aromatic rings. The molecule has 0 saturated heterocycles. The molecule has 0 unspecified atom stereocenters. The van der Waals surface area contributed by atoms with Gasteiger partial charge in [0.25, 0.3) is 0 Å². The average molecular weight is 262 g/mol. The molecule has 0 saturated carbocycles. The summed E-state index contributed by atoms with van der Waals surface area (Å²) in [6.45, 7) is 4.09. The van der Waals surface area contributed by atoms with E-state index in [9.17, 15) is 9.59 Å². The molecule has 0 fully saturated rings. The van der Waals surface area contributed by atoms with Crippen LogP contribution in [-0.4, -0.2) is 12.1 Å². The van der Waals surface area contributed by atoms with Crippen molar-refractivity contribution in [3.63, 3.8) is 0 Å². The largest absolute Gasteiger partial charge is 0.303 e. The van der Waals surface area contributed by atoms with Crippen LogP contribution < -0.4 is 0 Å². The number of carbonyl (C=O) groups excluding carboxylic acids is 2. The first-order valence-electron chi connectivity index (χ1n) is 6.69. The number of benzene rings is 1. The normalized spacial score (nSPS) is 9.79. The minimum Gasteiger partial charge on any atom is -0.303 e. The number of carbonyl (C=O) groups is 2. The Kier molecular flexibility index (Phi) is 8.77. The Hall–Kier alpha value is -1.44. The van der Waals surface area contributed by atoms with Crippen LogP contribution in [0.4, 0.5) is 0 Å². The van der Waals surface area contributed by atoms with E-state index in [2.05, 4.69) is 6.92 Å². The van der Waals surface area contributed by atoms with E-state index >= 15 is 0 Å². The van der Waals surface area contributed by atoms with E-state index in [1.807, 2.05) is 25.1 Å². The van der Waals surface area contributed by atoms with Crippen molar-refractivity contribution in [2.45, 2.75) is 59.8 Å². The van der Waals surface area contributed by atoms with Gasteiger partial charge in [-0.15, -0.1) is 0 Å². The molecule has 0 aliphatic carbocycles. The molecule has 2 heteroatoms. The first kappa shape index (κ1) is 17.6. The molecule has 0 spiro atoms. The second kappa shape index (κ2) is 9.48. The van der Waals surface area contributed by atoms with E-state index in [0.29, 0.717) is 12.8 Å². The average Bonchev–Trinajstić information content (AvgIpc) is 2.36. The smallest absolute Gasteiger partial charge is 0.162 e. The van der Waals surface area contributed by atoms with Gasteiger partial charge in [-0.05, 0) is 43.9 Å². The number of aldehydes is 1. The maximum Gasteiger partial charge on any atom is 0.162 e. The Balaban J connectivity index is 0.00000324. The molecule has 0 bridgehead atoms. The molecule has 0 radical (unpaired) electrons. The van der Waals surface area contributed by atoms with Gasteiger partial charge in [-0.1, -0.05) is 32.4 Å². The van der Waals surface area contributed by atoms with Gasteiger partial charge >= 0.3 is 0 Å². The lowest BCUT2D eigenvalue weighted by Gasteiger charge is -2.04. The van der Waals surface area contributed by atoms with Crippen LogP contribution in [0.1, 0.15) is 67.4 Å². The highest BCUT2D eigenvalue weighted by atomic mass is 16.1. The molecule has 0 aliphatic rings. The number of hydrogen-bond acceptors (Lipinski definition) is 2. The number of rotatable bonds is 8. The zero-order valence-corrected chi connectivity index (χ0v) is 11.4. The predicted octanol–water partition coefficient (Wildman–Crippen LogP) is 4.66. The summed E-state index contributed by atoms with van der Waals surface area (Å²) < 4.78 is 0. The second-order valence-electron chi connectivity index (χ2n) is 4.84. The molecule has 1 aromatic carbocycles. The Morgan fingerprint density at radius 1 is 1.05 bits per heavy atom. The van der Waals surface area contributed by atoms with Crippen LogP contribution in [0.5, 0.6) is 0 Å². The fourth-order valence-corrected chi connectivity index (χ4v) is 1.93. The number of aryl methyl sites for hydroxylation is 2. The van der Waals surface area contributed by atoms with Gasteiger partial charge in [0, 0.05) is 18.4 Å². The van der Waals surface area contributed by atoms with Gasteiger partial charge in [-0.25, -0.2) is 0 Å². The molecule has 0 N–H and O–H groups in total. The van der Waals surface area contributed by atoms with Crippen LogP contribution in [0.25, 0.3) is 0 Å². The van der Waals surface area contributed by atoms with Gasteiger partial charge in [0.1, 0.15) is 6.29 Å². The Morgan fingerprint density at radius 2 is 1.74 bits per heavy atom. The van der Waals surface area contributed by atoms with E-state index in [1.165, 1.54) is 11.1 Å². The topological polar surface area (TPSA) is 34.1 Å². The molecule has 0 amide bonds. The van der Waals surface area contributed by atoms with Gasteiger partial charge in [-0.2, -0.15) is 0 Å². The standard InChI is InChI=1S/C16H22O2.CH4/c1-13-9-10-15(12-14(13)2)16(18)8-6-4-3-5-7-11-17;/h9-12H,3-8H2,1-2H3;1H4. The summed E-state index contributed by atoms with van der Waals surface area (Å²) in [7, 11) is 0. The van der Waals surface area contributed by atoms with Gasteiger partial charge in [0.05, 0.1) is 0 Å². The van der Waals surface area contributed by atoms with E-state index < -0.39 is 0 Å². The third-order valence-electron chi connectivity index (χ3n) is 3.30. The fraction of sp³-hybridized carbons (Fsp3) is 0.529. The Bertz CT molecular complexity index is 408. The quantitative estimate of drug-likeness (QED) is 0.388. The minimum atomic E-state index is 0. The maximum absolute atomic E-state index is 11.9. The summed E-state index contributed by atoms with van der Waals surface area (Å²) in [5, 5.41) is 0. The van der Waals surface area contributed by atoms with Crippen molar-refractivity contribution >= 4 is 12.1 Å². The summed E-state index contributed by atoms with van der Waals surface area (Å²) >= 11 is 0. The summed E-state index contributed by atoms with van der Waals surface area (Å²) in [6, 6.07) is 5.90. The lowest BCUT2D eigenvalue weighted by molar-refractivity contribution is -0.107. The molecule has 0 atom stereocenters. The molecule has 0 aliphatic heterocycles. The Labute approximate surface area is 117 Å². The van der Waals surface area contributed by atoms with Gasteiger partial charge < -0.3 is 4.79 Å². The first-order chi connectivity index (χ1) is 8.65. The van der Waals surface area contributed by atoms with Crippen LogP contribution in [0.2, 0.25) is 0 Å². The molecular formula is C17H26O2. The zero-order valence-electron chi connectivity index (χ0n) is 11.4. The van der Waals surface area contributed by atoms with Crippen molar-refractivity contribution in [1.29, 1.82) is 0 Å². The van der Waals surface area contributed by atoms with Gasteiger partial charge in [-0.3, -0.25) is 4.79 Å². The summed E-state index contributed by atoms with van der Waals surface area (Å²) in [5.41, 5.74) is 3.22. The van der Waals surface area contributed by atoms with Crippen LogP contribution in [-0.2, 0) is 4.79 Å². The van der Waals surface area contributed by atoms with Gasteiger partial charge in [0.2, 0.25) is 0 Å². The number of ketones is 1.